The van der Waals surface area contributed by atoms with Crippen molar-refractivity contribution in [2.45, 2.75) is 0 Å². The van der Waals surface area contributed by atoms with Crippen molar-refractivity contribution in [1.82, 2.24) is 0 Å². The minimum absolute atomic E-state index is 0.0729. The summed E-state index contributed by atoms with van der Waals surface area (Å²) in [6.45, 7) is 0.943. The first-order valence-electron chi connectivity index (χ1n) is 11.0. The number of carbonyl (C=O) groups is 2. The lowest BCUT2D eigenvalue weighted by molar-refractivity contribution is -0.274. The van der Waals surface area contributed by atoms with Crippen molar-refractivity contribution in [2.75, 3.05) is 97.3 Å². The standard InChI is InChI=1S/C19H36O10S10/c20-7-34-15-36-9-24-18(22)5-32-13-31-4-2-27-29-12-39-17-37-10-25-19(23)6-33-14-30-3-1-26-28-11-38-16-35-8-21/h20-21H,1-17H2. The molecule has 0 spiro atoms. The lowest BCUT2D eigenvalue weighted by atomic mass is 10.8. The third-order valence-electron chi connectivity index (χ3n) is 3.11. The predicted molar refractivity (Wildman–Crippen MR) is 180 cm³/mol. The predicted octanol–water partition coefficient (Wildman–Crippen LogP) is 4.82. The van der Waals surface area contributed by atoms with Crippen molar-refractivity contribution >= 4 is 130 Å². The smallest absolute Gasteiger partial charge is 0.316 e. The number of carbonyl (C=O) groups excluding carboxylic acids is 2. The molecule has 0 aliphatic carbocycles. The number of rotatable bonds is 32. The van der Waals surface area contributed by atoms with Gasteiger partial charge in [0.2, 0.25) is 0 Å². The van der Waals surface area contributed by atoms with Crippen LogP contribution in [0.3, 0.4) is 0 Å². The van der Waals surface area contributed by atoms with E-state index in [1.54, 1.807) is 23.5 Å². The number of ether oxygens (including phenoxy) is 2. The van der Waals surface area contributed by atoms with E-state index in [-0.39, 0.29) is 23.8 Å². The van der Waals surface area contributed by atoms with Gasteiger partial charge in [-0.1, -0.05) is 0 Å². The monoisotopic (exact) mass is 744 g/mol. The van der Waals surface area contributed by atoms with Gasteiger partial charge in [-0.15, -0.1) is 118 Å². The molecule has 0 saturated heterocycles. The minimum atomic E-state index is -0.231. The van der Waals surface area contributed by atoms with Crippen LogP contribution in [-0.4, -0.2) is 119 Å². The minimum Gasteiger partial charge on any atom is -0.454 e. The van der Waals surface area contributed by atoms with Gasteiger partial charge in [0.15, 0.2) is 0 Å². The maximum Gasteiger partial charge on any atom is 0.316 e. The molecule has 2 N–H and O–H groups in total. The van der Waals surface area contributed by atoms with Crippen molar-refractivity contribution in [2.24, 2.45) is 0 Å². The molecule has 0 aliphatic rings. The highest BCUT2D eigenvalue weighted by Crippen LogP contribution is 2.16. The maximum atomic E-state index is 11.7. The molecule has 20 heteroatoms. The molecule has 10 nitrogen and oxygen atoms in total. The van der Waals surface area contributed by atoms with Crippen LogP contribution in [0.2, 0.25) is 0 Å². The number of thioether (sulfide) groups is 10. The molecule has 232 valence electrons. The Kier molecular flexibility index (Phi) is 38.4. The summed E-state index contributed by atoms with van der Waals surface area (Å²) in [6.07, 6.45) is 0. The number of aliphatic hydroxyl groups excluding tert-OH is 2. The van der Waals surface area contributed by atoms with Gasteiger partial charge in [0.25, 0.3) is 0 Å². The van der Waals surface area contributed by atoms with E-state index in [9.17, 15) is 9.59 Å². The Hall–Kier alpha value is 2.20. The van der Waals surface area contributed by atoms with Crippen LogP contribution in [-0.2, 0) is 38.6 Å². The number of aliphatic hydroxyl groups is 2. The normalized spacial score (nSPS) is 11.1. The largest absolute Gasteiger partial charge is 0.454 e. The quantitative estimate of drug-likeness (QED) is 0.0321. The summed E-state index contributed by atoms with van der Waals surface area (Å²) < 4.78 is 10.2. The molecule has 0 aliphatic heterocycles. The summed E-state index contributed by atoms with van der Waals surface area (Å²) >= 11 is 15.1. The molecule has 39 heavy (non-hydrogen) atoms. The average molecular weight is 745 g/mol. The SMILES string of the molecule is O=C(CSCSCCOOCSCSCOC(=O)CSCSCCOOCSCSCO)OCSCSCO. The zero-order valence-corrected chi connectivity index (χ0v) is 29.4. The van der Waals surface area contributed by atoms with Gasteiger partial charge < -0.3 is 19.7 Å². The van der Waals surface area contributed by atoms with E-state index in [2.05, 4.69) is 0 Å². The van der Waals surface area contributed by atoms with E-state index >= 15 is 0 Å². The first-order chi connectivity index (χ1) is 19.2. The highest BCUT2D eigenvalue weighted by Gasteiger charge is 2.04. The van der Waals surface area contributed by atoms with Crippen LogP contribution in [0.25, 0.3) is 0 Å². The van der Waals surface area contributed by atoms with E-state index in [4.69, 9.17) is 39.2 Å². The van der Waals surface area contributed by atoms with Crippen molar-refractivity contribution in [3.63, 3.8) is 0 Å². The molecule has 0 aromatic carbocycles. The number of esters is 2. The maximum absolute atomic E-state index is 11.7. The van der Waals surface area contributed by atoms with Crippen molar-refractivity contribution in [1.29, 1.82) is 0 Å². The molecule has 0 amide bonds. The van der Waals surface area contributed by atoms with E-state index in [1.165, 1.54) is 94.1 Å². The fraction of sp³-hybridized carbons (Fsp3) is 0.895. The molecular weight excluding hydrogens is 709 g/mol. The zero-order valence-electron chi connectivity index (χ0n) is 21.3. The molecule has 0 atom stereocenters. The summed E-state index contributed by atoms with van der Waals surface area (Å²) in [6, 6.07) is 0. The van der Waals surface area contributed by atoms with E-state index < -0.39 is 0 Å². The Balaban J connectivity index is 3.20. The fourth-order valence-corrected chi connectivity index (χ4v) is 8.84. The van der Waals surface area contributed by atoms with Gasteiger partial charge in [-0.2, -0.15) is 0 Å². The van der Waals surface area contributed by atoms with Gasteiger partial charge in [-0.3, -0.25) is 9.59 Å². The van der Waals surface area contributed by atoms with Gasteiger partial charge in [-0.05, 0) is 0 Å². The second-order valence-electron chi connectivity index (χ2n) is 5.97. The van der Waals surface area contributed by atoms with E-state index in [0.29, 0.717) is 53.6 Å². The first-order valence-corrected chi connectivity index (χ1v) is 22.5. The average Bonchev–Trinajstić information content (AvgIpc) is 2.93. The Morgan fingerprint density at radius 2 is 0.846 bits per heavy atom. The highest BCUT2D eigenvalue weighted by atomic mass is 32.2. The van der Waals surface area contributed by atoms with E-state index in [0.717, 1.165) is 31.8 Å². The number of hydrogen-bond donors (Lipinski definition) is 2. The summed E-state index contributed by atoms with van der Waals surface area (Å²) in [4.78, 5) is 43.5. The van der Waals surface area contributed by atoms with Gasteiger partial charge in [0.1, 0.15) is 23.8 Å². The molecule has 0 saturated carbocycles. The Morgan fingerprint density at radius 1 is 0.462 bits per heavy atom. The molecule has 0 fully saturated rings. The highest BCUT2D eigenvalue weighted by molar-refractivity contribution is 8.17. The summed E-state index contributed by atoms with van der Waals surface area (Å²) in [5, 5.41) is 21.0. The van der Waals surface area contributed by atoms with Crippen LogP contribution in [0.5, 0.6) is 0 Å². The van der Waals surface area contributed by atoms with Crippen LogP contribution in [0.1, 0.15) is 0 Å². The molecule has 0 heterocycles. The second-order valence-corrected chi connectivity index (χ2v) is 17.6. The van der Waals surface area contributed by atoms with Crippen LogP contribution in [0.4, 0.5) is 0 Å². The lowest BCUT2D eigenvalue weighted by Gasteiger charge is -2.06. The molecule has 0 aromatic heterocycles. The lowest BCUT2D eigenvalue weighted by Crippen LogP contribution is -2.07. The topological polar surface area (TPSA) is 130 Å². The zero-order chi connectivity index (χ0) is 28.5. The van der Waals surface area contributed by atoms with E-state index in [1.807, 2.05) is 0 Å². The van der Waals surface area contributed by atoms with Gasteiger partial charge >= 0.3 is 11.9 Å². The third-order valence-corrected chi connectivity index (χ3v) is 13.0. The fourth-order valence-electron chi connectivity index (χ4n) is 1.61. The Morgan fingerprint density at radius 3 is 1.28 bits per heavy atom. The van der Waals surface area contributed by atoms with Gasteiger partial charge in [-0.25, -0.2) is 19.6 Å². The van der Waals surface area contributed by atoms with Crippen LogP contribution < -0.4 is 0 Å². The first kappa shape index (κ1) is 41.2. The number of hydrogen-bond acceptors (Lipinski definition) is 20. The van der Waals surface area contributed by atoms with Crippen LogP contribution >= 0.6 is 118 Å². The summed E-state index contributed by atoms with van der Waals surface area (Å²) in [5.74, 6) is 3.35. The van der Waals surface area contributed by atoms with Crippen molar-refractivity contribution in [3.05, 3.63) is 0 Å². The molecule has 0 unspecified atom stereocenters. The second kappa shape index (κ2) is 36.4. The van der Waals surface area contributed by atoms with Crippen molar-refractivity contribution < 1.29 is 48.8 Å². The van der Waals surface area contributed by atoms with Gasteiger partial charge in [0.05, 0.1) is 36.6 Å². The Bertz CT molecular complexity index is 545. The Labute approximate surface area is 273 Å². The van der Waals surface area contributed by atoms with Crippen LogP contribution in [0.15, 0.2) is 0 Å². The molecular formula is C19H36O10S10. The molecule has 0 aromatic rings. The molecule has 0 radical (unpaired) electrons. The molecule has 0 rings (SSSR count). The summed E-state index contributed by atoms with van der Waals surface area (Å²) in [5.41, 5.74) is 0. The van der Waals surface area contributed by atoms with Crippen molar-refractivity contribution in [3.8, 4) is 0 Å². The molecule has 0 bridgehead atoms. The van der Waals surface area contributed by atoms with Gasteiger partial charge in [0, 0.05) is 36.9 Å². The van der Waals surface area contributed by atoms with Crippen LogP contribution in [0, 0.1) is 0 Å². The summed E-state index contributed by atoms with van der Waals surface area (Å²) in [7, 11) is 0. The third kappa shape index (κ3) is 36.3.